The van der Waals surface area contributed by atoms with Gasteiger partial charge in [0.15, 0.2) is 0 Å². The summed E-state index contributed by atoms with van der Waals surface area (Å²) in [5.41, 5.74) is 3.57. The van der Waals surface area contributed by atoms with Crippen molar-refractivity contribution in [1.82, 2.24) is 0 Å². The van der Waals surface area contributed by atoms with Crippen molar-refractivity contribution in [1.29, 1.82) is 0 Å². The zero-order valence-electron chi connectivity index (χ0n) is 13.9. The van der Waals surface area contributed by atoms with E-state index in [0.29, 0.717) is 11.3 Å². The van der Waals surface area contributed by atoms with Gasteiger partial charge in [0.1, 0.15) is 0 Å². The number of benzene rings is 2. The fourth-order valence-corrected chi connectivity index (χ4v) is 3.12. The molecule has 0 atom stereocenters. The number of hydrogen-bond acceptors (Lipinski definition) is 2. The molecule has 0 fully saturated rings. The smallest absolute Gasteiger partial charge is 0.313 e. The molecule has 124 valence electrons. The molecule has 1 amide bonds. The highest BCUT2D eigenvalue weighted by molar-refractivity contribution is 6.05. The molecule has 1 aliphatic rings. The van der Waals surface area contributed by atoms with Gasteiger partial charge in [0, 0.05) is 11.3 Å². The zero-order valence-corrected chi connectivity index (χ0v) is 13.9. The van der Waals surface area contributed by atoms with E-state index in [1.165, 1.54) is 5.56 Å². The van der Waals surface area contributed by atoms with Gasteiger partial charge in [-0.15, -0.1) is 0 Å². The minimum Gasteiger partial charge on any atom is -0.481 e. The first-order valence-corrected chi connectivity index (χ1v) is 8.15. The Morgan fingerprint density at radius 1 is 1.04 bits per heavy atom. The summed E-state index contributed by atoms with van der Waals surface area (Å²) < 4.78 is 0. The second-order valence-corrected chi connectivity index (χ2v) is 6.76. The molecule has 2 aromatic rings. The van der Waals surface area contributed by atoms with Crippen LogP contribution in [-0.4, -0.2) is 17.0 Å². The quantitative estimate of drug-likeness (QED) is 0.899. The Morgan fingerprint density at radius 2 is 1.75 bits per heavy atom. The van der Waals surface area contributed by atoms with E-state index >= 15 is 0 Å². The van der Waals surface area contributed by atoms with Crippen LogP contribution in [0.1, 0.15) is 47.3 Å². The number of nitrogens with one attached hydrogen (secondary N) is 1. The van der Waals surface area contributed by atoms with E-state index in [-0.39, 0.29) is 5.91 Å². The maximum atomic E-state index is 12.6. The molecule has 0 heterocycles. The summed E-state index contributed by atoms with van der Waals surface area (Å²) in [6.45, 7) is 3.33. The van der Waals surface area contributed by atoms with Crippen molar-refractivity contribution in [3.05, 3.63) is 64.7 Å². The number of anilines is 1. The normalized spacial score (nSPS) is 13.4. The Bertz CT molecular complexity index is 791. The SMILES string of the molecule is CC(C)(C(=O)O)c1ccc(NC(=O)c2cccc3c2CCC3)cc1. The lowest BCUT2D eigenvalue weighted by atomic mass is 9.85. The van der Waals surface area contributed by atoms with Crippen molar-refractivity contribution in [3.8, 4) is 0 Å². The van der Waals surface area contributed by atoms with Gasteiger partial charge in [0.05, 0.1) is 5.41 Å². The number of aliphatic carboxylic acids is 1. The molecule has 4 heteroatoms. The molecule has 0 saturated carbocycles. The number of carboxylic acid groups (broad SMARTS) is 1. The highest BCUT2D eigenvalue weighted by Gasteiger charge is 2.29. The first kappa shape index (κ1) is 16.2. The summed E-state index contributed by atoms with van der Waals surface area (Å²) in [5, 5.41) is 12.2. The van der Waals surface area contributed by atoms with Gasteiger partial charge in [-0.25, -0.2) is 0 Å². The summed E-state index contributed by atoms with van der Waals surface area (Å²) in [7, 11) is 0. The van der Waals surface area contributed by atoms with Crippen LogP contribution in [0.25, 0.3) is 0 Å². The lowest BCUT2D eigenvalue weighted by Crippen LogP contribution is -2.28. The van der Waals surface area contributed by atoms with Crippen molar-refractivity contribution in [3.63, 3.8) is 0 Å². The van der Waals surface area contributed by atoms with Crippen LogP contribution in [0.3, 0.4) is 0 Å². The van der Waals surface area contributed by atoms with Gasteiger partial charge in [0.25, 0.3) is 5.91 Å². The third-order valence-electron chi connectivity index (χ3n) is 4.79. The molecule has 4 nitrogen and oxygen atoms in total. The number of carbonyl (C=O) groups is 2. The van der Waals surface area contributed by atoms with Crippen LogP contribution in [0.5, 0.6) is 0 Å². The summed E-state index contributed by atoms with van der Waals surface area (Å²) in [4.78, 5) is 23.9. The van der Waals surface area contributed by atoms with E-state index in [4.69, 9.17) is 0 Å². The molecule has 0 saturated heterocycles. The first-order valence-electron chi connectivity index (χ1n) is 8.15. The van der Waals surface area contributed by atoms with Gasteiger partial charge in [-0.2, -0.15) is 0 Å². The Morgan fingerprint density at radius 3 is 2.42 bits per heavy atom. The Balaban J connectivity index is 1.79. The molecule has 3 rings (SSSR count). The lowest BCUT2D eigenvalue weighted by molar-refractivity contribution is -0.142. The maximum Gasteiger partial charge on any atom is 0.313 e. The average Bonchev–Trinajstić information content (AvgIpc) is 3.03. The van der Waals surface area contributed by atoms with Gasteiger partial charge in [0.2, 0.25) is 0 Å². The summed E-state index contributed by atoms with van der Waals surface area (Å²) in [6.07, 6.45) is 3.08. The van der Waals surface area contributed by atoms with E-state index in [1.54, 1.807) is 38.1 Å². The second-order valence-electron chi connectivity index (χ2n) is 6.76. The van der Waals surface area contributed by atoms with E-state index < -0.39 is 11.4 Å². The van der Waals surface area contributed by atoms with Gasteiger partial charge in [-0.1, -0.05) is 24.3 Å². The Hall–Kier alpha value is -2.62. The zero-order chi connectivity index (χ0) is 17.3. The molecule has 2 aromatic carbocycles. The van der Waals surface area contributed by atoms with Crippen LogP contribution in [0.15, 0.2) is 42.5 Å². The largest absolute Gasteiger partial charge is 0.481 e. The number of hydrogen-bond donors (Lipinski definition) is 2. The average molecular weight is 323 g/mol. The van der Waals surface area contributed by atoms with Crippen molar-refractivity contribution in [2.75, 3.05) is 5.32 Å². The third-order valence-corrected chi connectivity index (χ3v) is 4.79. The summed E-state index contributed by atoms with van der Waals surface area (Å²) in [6, 6.07) is 12.9. The van der Waals surface area contributed by atoms with Crippen molar-refractivity contribution in [2.45, 2.75) is 38.5 Å². The van der Waals surface area contributed by atoms with Gasteiger partial charge in [-0.3, -0.25) is 9.59 Å². The second kappa shape index (κ2) is 6.11. The maximum absolute atomic E-state index is 12.6. The number of fused-ring (bicyclic) bond motifs is 1. The van der Waals surface area contributed by atoms with Crippen molar-refractivity contribution in [2.24, 2.45) is 0 Å². The summed E-state index contributed by atoms with van der Waals surface area (Å²) >= 11 is 0. The fraction of sp³-hybridized carbons (Fsp3) is 0.300. The van der Waals surface area contributed by atoms with Crippen molar-refractivity contribution >= 4 is 17.6 Å². The molecule has 0 spiro atoms. The molecule has 0 radical (unpaired) electrons. The van der Waals surface area contributed by atoms with Crippen LogP contribution < -0.4 is 5.32 Å². The fourth-order valence-electron chi connectivity index (χ4n) is 3.12. The predicted octanol–water partition coefficient (Wildman–Crippen LogP) is 3.79. The minimum atomic E-state index is -0.956. The molecule has 0 aliphatic heterocycles. The molecule has 0 bridgehead atoms. The van der Waals surface area contributed by atoms with E-state index in [2.05, 4.69) is 11.4 Å². The Kier molecular flexibility index (Phi) is 4.14. The lowest BCUT2D eigenvalue weighted by Gasteiger charge is -2.20. The summed E-state index contributed by atoms with van der Waals surface area (Å²) in [5.74, 6) is -0.988. The topological polar surface area (TPSA) is 66.4 Å². The van der Waals surface area contributed by atoms with Crippen LogP contribution in [0, 0.1) is 0 Å². The van der Waals surface area contributed by atoms with Crippen LogP contribution in [0.4, 0.5) is 5.69 Å². The van der Waals surface area contributed by atoms with Gasteiger partial charge in [-0.05, 0) is 68.0 Å². The molecule has 1 aliphatic carbocycles. The van der Waals surface area contributed by atoms with Crippen molar-refractivity contribution < 1.29 is 14.7 Å². The van der Waals surface area contributed by atoms with E-state index in [0.717, 1.165) is 30.4 Å². The standard InChI is InChI=1S/C20H21NO3/c1-20(2,19(23)24)14-9-11-15(12-10-14)21-18(22)17-8-4-6-13-5-3-7-16(13)17/h4,6,8-12H,3,5,7H2,1-2H3,(H,21,22)(H,23,24). The van der Waals surface area contributed by atoms with Gasteiger partial charge < -0.3 is 10.4 Å². The molecule has 0 aromatic heterocycles. The molecule has 0 unspecified atom stereocenters. The van der Waals surface area contributed by atoms with Crippen LogP contribution in [0.2, 0.25) is 0 Å². The third kappa shape index (κ3) is 2.92. The number of carbonyl (C=O) groups excluding carboxylic acids is 1. The Labute approximate surface area is 141 Å². The number of aryl methyl sites for hydroxylation is 1. The molecule has 24 heavy (non-hydrogen) atoms. The molecular weight excluding hydrogens is 302 g/mol. The monoisotopic (exact) mass is 323 g/mol. The van der Waals surface area contributed by atoms with E-state index in [1.807, 2.05) is 12.1 Å². The highest BCUT2D eigenvalue weighted by Crippen LogP contribution is 2.27. The first-order chi connectivity index (χ1) is 11.4. The predicted molar refractivity (Wildman–Crippen MR) is 93.5 cm³/mol. The van der Waals surface area contributed by atoms with Crippen LogP contribution >= 0.6 is 0 Å². The highest BCUT2D eigenvalue weighted by atomic mass is 16.4. The van der Waals surface area contributed by atoms with Crippen LogP contribution in [-0.2, 0) is 23.1 Å². The van der Waals surface area contributed by atoms with Gasteiger partial charge >= 0.3 is 5.97 Å². The number of amides is 1. The molecular formula is C20H21NO3. The minimum absolute atomic E-state index is 0.112. The molecule has 2 N–H and O–H groups in total. The van der Waals surface area contributed by atoms with E-state index in [9.17, 15) is 14.7 Å². The number of carboxylic acids is 1. The number of rotatable bonds is 4.